The summed E-state index contributed by atoms with van der Waals surface area (Å²) in [4.78, 5) is 9.35. The van der Waals surface area contributed by atoms with Gasteiger partial charge in [-0.15, -0.1) is 0 Å². The molecule has 0 spiro atoms. The maximum Gasteiger partial charge on any atom is 0.159 e. The van der Waals surface area contributed by atoms with Crippen LogP contribution in [0.5, 0.6) is 0 Å². The van der Waals surface area contributed by atoms with Crippen LogP contribution < -0.4 is 5.32 Å². The van der Waals surface area contributed by atoms with Gasteiger partial charge in [0.05, 0.1) is 0 Å². The molecule has 0 amide bonds. The third-order valence-electron chi connectivity index (χ3n) is 3.43. The lowest BCUT2D eigenvalue weighted by molar-refractivity contribution is 0.0574. The van der Waals surface area contributed by atoms with Crippen molar-refractivity contribution in [2.75, 3.05) is 19.0 Å². The van der Waals surface area contributed by atoms with Gasteiger partial charge < -0.3 is 10.1 Å². The van der Waals surface area contributed by atoms with Crippen molar-refractivity contribution in [3.8, 4) is 0 Å². The molecule has 0 saturated heterocycles. The predicted octanol–water partition coefficient (Wildman–Crippen LogP) is 3.52. The van der Waals surface area contributed by atoms with Crippen molar-refractivity contribution in [3.63, 3.8) is 0 Å². The lowest BCUT2D eigenvalue weighted by Crippen LogP contribution is -2.15. The van der Waals surface area contributed by atoms with Crippen molar-refractivity contribution in [1.82, 2.24) is 9.97 Å². The second kappa shape index (κ2) is 6.33. The topological polar surface area (TPSA) is 47.0 Å². The highest BCUT2D eigenvalue weighted by atomic mass is 16.5. The first-order chi connectivity index (χ1) is 9.15. The molecule has 1 aromatic rings. The maximum atomic E-state index is 5.56. The third-order valence-corrected chi connectivity index (χ3v) is 3.43. The van der Waals surface area contributed by atoms with E-state index in [-0.39, 0.29) is 6.10 Å². The third kappa shape index (κ3) is 3.66. The number of rotatable bonds is 7. The maximum absolute atomic E-state index is 5.56. The van der Waals surface area contributed by atoms with Crippen molar-refractivity contribution >= 4 is 5.82 Å². The van der Waals surface area contributed by atoms with Gasteiger partial charge in [0.25, 0.3) is 0 Å². The van der Waals surface area contributed by atoms with Gasteiger partial charge in [-0.25, -0.2) is 9.97 Å². The van der Waals surface area contributed by atoms with E-state index in [0.29, 0.717) is 11.8 Å². The van der Waals surface area contributed by atoms with Crippen LogP contribution in [-0.2, 0) is 4.74 Å². The van der Waals surface area contributed by atoms with E-state index in [0.717, 1.165) is 24.6 Å². The number of ether oxygens (including phenoxy) is 1. The van der Waals surface area contributed by atoms with E-state index in [9.17, 15) is 0 Å². The Bertz CT molecular complexity index is 416. The van der Waals surface area contributed by atoms with Crippen LogP contribution in [0.3, 0.4) is 0 Å². The van der Waals surface area contributed by atoms with E-state index in [1.165, 1.54) is 18.5 Å². The minimum atomic E-state index is -0.0270. The fourth-order valence-electron chi connectivity index (χ4n) is 2.22. The quantitative estimate of drug-likeness (QED) is 0.817. The molecule has 19 heavy (non-hydrogen) atoms. The summed E-state index contributed by atoms with van der Waals surface area (Å²) in [5.74, 6) is 2.77. The van der Waals surface area contributed by atoms with Crippen molar-refractivity contribution in [2.45, 2.75) is 52.1 Å². The molecule has 0 bridgehead atoms. The normalized spacial score (nSPS) is 16.7. The van der Waals surface area contributed by atoms with Crippen molar-refractivity contribution < 1.29 is 4.74 Å². The number of hydrogen-bond acceptors (Lipinski definition) is 4. The van der Waals surface area contributed by atoms with Crippen molar-refractivity contribution in [2.24, 2.45) is 5.92 Å². The van der Waals surface area contributed by atoms with E-state index >= 15 is 0 Å². The summed E-state index contributed by atoms with van der Waals surface area (Å²) in [6.45, 7) is 7.38. The van der Waals surface area contributed by atoms with Crippen LogP contribution in [-0.4, -0.2) is 23.6 Å². The van der Waals surface area contributed by atoms with Crippen LogP contribution in [0.1, 0.15) is 63.6 Å². The van der Waals surface area contributed by atoms with Gasteiger partial charge >= 0.3 is 0 Å². The first kappa shape index (κ1) is 14.3. The Morgan fingerprint density at radius 1 is 1.37 bits per heavy atom. The Morgan fingerprint density at radius 2 is 2.11 bits per heavy atom. The fraction of sp³-hybridized carbons (Fsp3) is 0.733. The molecule has 0 radical (unpaired) electrons. The van der Waals surface area contributed by atoms with Crippen LogP contribution in [0, 0.1) is 5.92 Å². The number of nitrogens with zero attached hydrogens (tertiary/aromatic N) is 2. The Hall–Kier alpha value is -1.16. The number of aromatic nitrogens is 2. The van der Waals surface area contributed by atoms with Gasteiger partial charge in [0.2, 0.25) is 0 Å². The molecule has 4 nitrogen and oxygen atoms in total. The summed E-state index contributed by atoms with van der Waals surface area (Å²) in [5, 5.41) is 3.37. The van der Waals surface area contributed by atoms with Crippen LogP contribution in [0.2, 0.25) is 0 Å². The second-order valence-electron chi connectivity index (χ2n) is 5.64. The Balaban J connectivity index is 2.27. The van der Waals surface area contributed by atoms with Crippen molar-refractivity contribution in [1.29, 1.82) is 0 Å². The van der Waals surface area contributed by atoms with E-state index < -0.39 is 0 Å². The lowest BCUT2D eigenvalue weighted by atomic mass is 10.1. The number of methoxy groups -OCH3 is 1. The van der Waals surface area contributed by atoms with Gasteiger partial charge in [0, 0.05) is 31.3 Å². The first-order valence-electron chi connectivity index (χ1n) is 7.31. The number of nitrogens with one attached hydrogen (secondary N) is 1. The molecule has 106 valence electrons. The molecule has 1 unspecified atom stereocenters. The molecule has 1 N–H and O–H groups in total. The van der Waals surface area contributed by atoms with Crippen molar-refractivity contribution in [3.05, 3.63) is 17.6 Å². The number of hydrogen-bond donors (Lipinski definition) is 1. The molecule has 1 atom stereocenters. The summed E-state index contributed by atoms with van der Waals surface area (Å²) in [5.41, 5.74) is 1.17. The molecular weight excluding hydrogens is 238 g/mol. The zero-order valence-electron chi connectivity index (χ0n) is 12.4. The van der Waals surface area contributed by atoms with Gasteiger partial charge in [0.15, 0.2) is 5.82 Å². The van der Waals surface area contributed by atoms with Gasteiger partial charge in [0.1, 0.15) is 11.9 Å². The van der Waals surface area contributed by atoms with E-state index in [1.54, 1.807) is 7.11 Å². The first-order valence-corrected chi connectivity index (χ1v) is 7.31. The molecule has 1 fully saturated rings. The minimum absolute atomic E-state index is 0.0270. The highest BCUT2D eigenvalue weighted by Gasteiger charge is 2.28. The van der Waals surface area contributed by atoms with E-state index in [4.69, 9.17) is 9.72 Å². The molecule has 1 aliphatic carbocycles. The zero-order valence-corrected chi connectivity index (χ0v) is 12.4. The fourth-order valence-corrected chi connectivity index (χ4v) is 2.22. The van der Waals surface area contributed by atoms with Gasteiger partial charge in [-0.2, -0.15) is 0 Å². The average Bonchev–Trinajstić information content (AvgIpc) is 3.21. The number of anilines is 1. The van der Waals surface area contributed by atoms with Crippen LogP contribution in [0.15, 0.2) is 6.07 Å². The Morgan fingerprint density at radius 3 is 2.63 bits per heavy atom. The average molecular weight is 263 g/mol. The largest absolute Gasteiger partial charge is 0.373 e. The zero-order chi connectivity index (χ0) is 13.8. The Kier molecular flexibility index (Phi) is 4.75. The van der Waals surface area contributed by atoms with Crippen LogP contribution >= 0.6 is 0 Å². The summed E-state index contributed by atoms with van der Waals surface area (Å²) >= 11 is 0. The molecule has 2 rings (SSSR count). The standard InChI is InChI=1S/C15H25N3O/c1-5-8-16-13-9-12(11-6-7-11)17-15(18-13)14(19-4)10(2)3/h9-11,14H,5-8H2,1-4H3,(H,16,17,18). The molecule has 1 aliphatic rings. The summed E-state index contributed by atoms with van der Waals surface area (Å²) in [7, 11) is 1.73. The molecule has 4 heteroatoms. The smallest absolute Gasteiger partial charge is 0.159 e. The highest BCUT2D eigenvalue weighted by Crippen LogP contribution is 2.40. The van der Waals surface area contributed by atoms with Gasteiger partial charge in [-0.1, -0.05) is 20.8 Å². The predicted molar refractivity (Wildman–Crippen MR) is 77.4 cm³/mol. The van der Waals surface area contributed by atoms with Crippen LogP contribution in [0.25, 0.3) is 0 Å². The SMILES string of the molecule is CCCNc1cc(C2CC2)nc(C(OC)C(C)C)n1. The summed E-state index contributed by atoms with van der Waals surface area (Å²) in [6.07, 6.45) is 3.57. The molecule has 1 aromatic heterocycles. The molecule has 1 saturated carbocycles. The van der Waals surface area contributed by atoms with Gasteiger partial charge in [-0.05, 0) is 25.2 Å². The van der Waals surface area contributed by atoms with E-state index in [1.807, 2.05) is 0 Å². The van der Waals surface area contributed by atoms with Gasteiger partial charge in [-0.3, -0.25) is 0 Å². The van der Waals surface area contributed by atoms with E-state index in [2.05, 4.69) is 37.1 Å². The van der Waals surface area contributed by atoms with Crippen LogP contribution in [0.4, 0.5) is 5.82 Å². The highest BCUT2D eigenvalue weighted by molar-refractivity contribution is 5.38. The molecular formula is C15H25N3O. The monoisotopic (exact) mass is 263 g/mol. The lowest BCUT2D eigenvalue weighted by Gasteiger charge is -2.19. The minimum Gasteiger partial charge on any atom is -0.373 e. The Labute approximate surface area is 116 Å². The second-order valence-corrected chi connectivity index (χ2v) is 5.64. The summed E-state index contributed by atoms with van der Waals surface area (Å²) in [6, 6.07) is 2.10. The molecule has 0 aliphatic heterocycles. The molecule has 0 aromatic carbocycles. The summed E-state index contributed by atoms with van der Waals surface area (Å²) < 4.78 is 5.56. The molecule has 1 heterocycles.